The molecule has 0 heterocycles. The fourth-order valence-corrected chi connectivity index (χ4v) is 2.99. The molecule has 6 heteroatoms. The largest absolute Gasteiger partial charge is 0.489 e. The van der Waals surface area contributed by atoms with Crippen LogP contribution in [0.1, 0.15) is 11.1 Å². The Labute approximate surface area is 178 Å². The van der Waals surface area contributed by atoms with E-state index in [-0.39, 0.29) is 5.91 Å². The summed E-state index contributed by atoms with van der Waals surface area (Å²) >= 11 is 18.0. The fourth-order valence-electron chi connectivity index (χ4n) is 2.38. The van der Waals surface area contributed by atoms with Crippen LogP contribution in [0.4, 0.5) is 5.69 Å². The molecule has 3 aromatic carbocycles. The smallest absolute Gasteiger partial charge is 0.248 e. The summed E-state index contributed by atoms with van der Waals surface area (Å²) in [6.07, 6.45) is 3.12. The minimum Gasteiger partial charge on any atom is -0.489 e. The second-order valence-electron chi connectivity index (χ2n) is 5.90. The molecule has 3 rings (SSSR count). The van der Waals surface area contributed by atoms with Gasteiger partial charge in [-0.1, -0.05) is 65.1 Å². The second kappa shape index (κ2) is 9.65. The number of carbonyl (C=O) groups is 1. The number of rotatable bonds is 6. The molecule has 0 fully saturated rings. The van der Waals surface area contributed by atoms with E-state index in [0.717, 1.165) is 16.9 Å². The van der Waals surface area contributed by atoms with Gasteiger partial charge in [0, 0.05) is 11.1 Å². The van der Waals surface area contributed by atoms with Crippen LogP contribution >= 0.6 is 34.8 Å². The summed E-state index contributed by atoms with van der Waals surface area (Å²) in [6, 6.07) is 20.0. The van der Waals surface area contributed by atoms with Gasteiger partial charge in [0.1, 0.15) is 12.4 Å². The van der Waals surface area contributed by atoms with Crippen molar-refractivity contribution in [3.05, 3.63) is 99.0 Å². The van der Waals surface area contributed by atoms with Crippen molar-refractivity contribution < 1.29 is 9.53 Å². The third-order valence-electron chi connectivity index (χ3n) is 3.84. The lowest BCUT2D eigenvalue weighted by atomic mass is 10.2. The Morgan fingerprint density at radius 2 is 1.54 bits per heavy atom. The number of carbonyl (C=O) groups excluding carboxylic acids is 1. The normalized spacial score (nSPS) is 10.8. The van der Waals surface area contributed by atoms with Gasteiger partial charge in [0.2, 0.25) is 5.91 Å². The van der Waals surface area contributed by atoms with Gasteiger partial charge in [-0.15, -0.1) is 0 Å². The molecule has 1 N–H and O–H groups in total. The Bertz CT molecular complexity index is 963. The summed E-state index contributed by atoms with van der Waals surface area (Å²) in [5, 5.41) is 4.15. The van der Waals surface area contributed by atoms with E-state index in [2.05, 4.69) is 5.32 Å². The van der Waals surface area contributed by atoms with Gasteiger partial charge in [0.25, 0.3) is 0 Å². The Morgan fingerprint density at radius 3 is 2.18 bits per heavy atom. The van der Waals surface area contributed by atoms with Crippen molar-refractivity contribution in [1.29, 1.82) is 0 Å². The predicted molar refractivity (Wildman–Crippen MR) is 116 cm³/mol. The highest BCUT2D eigenvalue weighted by atomic mass is 35.5. The van der Waals surface area contributed by atoms with E-state index in [9.17, 15) is 4.79 Å². The molecule has 0 aliphatic heterocycles. The quantitative estimate of drug-likeness (QED) is 0.431. The Hall–Kier alpha value is -2.46. The molecule has 0 radical (unpaired) electrons. The molecule has 1 amide bonds. The van der Waals surface area contributed by atoms with Crippen LogP contribution in [0.5, 0.6) is 5.75 Å². The maximum absolute atomic E-state index is 12.1. The van der Waals surface area contributed by atoms with Gasteiger partial charge in [-0.2, -0.15) is 0 Å². The van der Waals surface area contributed by atoms with Gasteiger partial charge in [0.15, 0.2) is 0 Å². The number of anilines is 1. The van der Waals surface area contributed by atoms with Crippen LogP contribution in [-0.4, -0.2) is 5.91 Å². The van der Waals surface area contributed by atoms with Crippen LogP contribution in [0, 0.1) is 0 Å². The Morgan fingerprint density at radius 1 is 0.893 bits per heavy atom. The molecular weight excluding hydrogens is 417 g/mol. The molecule has 0 bridgehead atoms. The van der Waals surface area contributed by atoms with Gasteiger partial charge in [-0.25, -0.2) is 0 Å². The second-order valence-corrected chi connectivity index (χ2v) is 7.15. The van der Waals surface area contributed by atoms with Crippen molar-refractivity contribution >= 4 is 52.5 Å². The molecule has 0 saturated heterocycles. The maximum Gasteiger partial charge on any atom is 0.248 e. The first-order valence-corrected chi connectivity index (χ1v) is 9.55. The van der Waals surface area contributed by atoms with E-state index in [1.54, 1.807) is 24.3 Å². The average molecular weight is 433 g/mol. The van der Waals surface area contributed by atoms with Gasteiger partial charge < -0.3 is 10.1 Å². The highest BCUT2D eigenvalue weighted by Gasteiger charge is 2.07. The lowest BCUT2D eigenvalue weighted by Crippen LogP contribution is -2.08. The van der Waals surface area contributed by atoms with Crippen LogP contribution in [-0.2, 0) is 11.4 Å². The summed E-state index contributed by atoms with van der Waals surface area (Å²) in [4.78, 5) is 12.1. The van der Waals surface area contributed by atoms with Gasteiger partial charge in [-0.05, 0) is 53.6 Å². The number of para-hydroxylation sites is 1. The van der Waals surface area contributed by atoms with E-state index < -0.39 is 0 Å². The first-order valence-electron chi connectivity index (χ1n) is 8.41. The highest BCUT2D eigenvalue weighted by molar-refractivity contribution is 6.39. The predicted octanol–water partition coefficient (Wildman–Crippen LogP) is 6.88. The molecule has 0 aromatic heterocycles. The molecule has 0 aliphatic carbocycles. The van der Waals surface area contributed by atoms with Crippen molar-refractivity contribution in [2.75, 3.05) is 5.32 Å². The van der Waals surface area contributed by atoms with Crippen molar-refractivity contribution in [3.63, 3.8) is 0 Å². The average Bonchev–Trinajstić information content (AvgIpc) is 2.70. The molecule has 0 saturated carbocycles. The summed E-state index contributed by atoms with van der Waals surface area (Å²) in [5.74, 6) is 0.414. The fraction of sp³-hybridized carbons (Fsp3) is 0.0455. The standard InChI is InChI=1S/C22H16Cl3NO2/c23-17-9-4-16(5-10-17)14-28-18-11-6-15(7-12-18)8-13-21(27)26-22-19(24)2-1-3-20(22)25/h1-13H,14H2,(H,26,27)/b13-8+. The van der Waals surface area contributed by atoms with E-state index in [1.165, 1.54) is 6.08 Å². The number of nitrogens with one attached hydrogen (secondary N) is 1. The summed E-state index contributed by atoms with van der Waals surface area (Å²) < 4.78 is 5.74. The molecule has 0 aliphatic rings. The monoisotopic (exact) mass is 431 g/mol. The zero-order valence-electron chi connectivity index (χ0n) is 14.7. The van der Waals surface area contributed by atoms with Gasteiger partial charge >= 0.3 is 0 Å². The minimum atomic E-state index is -0.321. The van der Waals surface area contributed by atoms with E-state index in [1.807, 2.05) is 48.5 Å². The van der Waals surface area contributed by atoms with Gasteiger partial charge in [-0.3, -0.25) is 4.79 Å². The van der Waals surface area contributed by atoms with Crippen LogP contribution in [0.3, 0.4) is 0 Å². The molecular formula is C22H16Cl3NO2. The summed E-state index contributed by atoms with van der Waals surface area (Å²) in [6.45, 7) is 0.452. The number of hydrogen-bond acceptors (Lipinski definition) is 2. The molecule has 0 unspecified atom stereocenters. The van der Waals surface area contributed by atoms with Crippen LogP contribution in [0.2, 0.25) is 15.1 Å². The molecule has 3 nitrogen and oxygen atoms in total. The molecule has 0 spiro atoms. The number of ether oxygens (including phenoxy) is 1. The molecule has 0 atom stereocenters. The number of amides is 1. The third-order valence-corrected chi connectivity index (χ3v) is 4.72. The molecule has 142 valence electrons. The van der Waals surface area contributed by atoms with E-state index >= 15 is 0 Å². The van der Waals surface area contributed by atoms with Gasteiger partial charge in [0.05, 0.1) is 15.7 Å². The first-order chi connectivity index (χ1) is 13.5. The topological polar surface area (TPSA) is 38.3 Å². The minimum absolute atomic E-state index is 0.321. The van der Waals surface area contributed by atoms with E-state index in [4.69, 9.17) is 39.5 Å². The zero-order valence-corrected chi connectivity index (χ0v) is 16.9. The van der Waals surface area contributed by atoms with Crippen molar-refractivity contribution in [2.24, 2.45) is 0 Å². The highest BCUT2D eigenvalue weighted by Crippen LogP contribution is 2.29. The summed E-state index contributed by atoms with van der Waals surface area (Å²) in [7, 11) is 0. The number of halogens is 3. The molecule has 28 heavy (non-hydrogen) atoms. The van der Waals surface area contributed by atoms with Crippen LogP contribution in [0.15, 0.2) is 72.8 Å². The van der Waals surface area contributed by atoms with Crippen molar-refractivity contribution in [3.8, 4) is 5.75 Å². The maximum atomic E-state index is 12.1. The van der Waals surface area contributed by atoms with Crippen molar-refractivity contribution in [1.82, 2.24) is 0 Å². The summed E-state index contributed by atoms with van der Waals surface area (Å²) in [5.41, 5.74) is 2.29. The Kier molecular flexibility index (Phi) is 6.99. The number of benzene rings is 3. The van der Waals surface area contributed by atoms with Crippen LogP contribution in [0.25, 0.3) is 6.08 Å². The third kappa shape index (κ3) is 5.77. The van der Waals surface area contributed by atoms with Crippen molar-refractivity contribution in [2.45, 2.75) is 6.61 Å². The lowest BCUT2D eigenvalue weighted by molar-refractivity contribution is -0.111. The SMILES string of the molecule is O=C(/C=C/c1ccc(OCc2ccc(Cl)cc2)cc1)Nc1c(Cl)cccc1Cl. The number of hydrogen-bond donors (Lipinski definition) is 1. The zero-order chi connectivity index (χ0) is 19.9. The van der Waals surface area contributed by atoms with Crippen LogP contribution < -0.4 is 10.1 Å². The molecule has 3 aromatic rings. The lowest BCUT2D eigenvalue weighted by Gasteiger charge is -2.07. The first kappa shape index (κ1) is 20.3. The van der Waals surface area contributed by atoms with E-state index in [0.29, 0.717) is 27.4 Å². The Balaban J connectivity index is 1.56.